The predicted octanol–water partition coefficient (Wildman–Crippen LogP) is 1.60. The van der Waals surface area contributed by atoms with Crippen molar-refractivity contribution in [3.63, 3.8) is 0 Å². The fourth-order valence-electron chi connectivity index (χ4n) is 2.31. The van der Waals surface area contributed by atoms with Gasteiger partial charge in [0.25, 0.3) is 0 Å². The lowest BCUT2D eigenvalue weighted by Crippen LogP contribution is -2.41. The van der Waals surface area contributed by atoms with E-state index in [4.69, 9.17) is 9.31 Å². The summed E-state index contributed by atoms with van der Waals surface area (Å²) in [6, 6.07) is 0. The highest BCUT2D eigenvalue weighted by molar-refractivity contribution is 7.89. The topological polar surface area (TPSA) is 55.8 Å². The highest BCUT2D eigenvalue weighted by atomic mass is 32.2. The Morgan fingerprint density at radius 2 is 1.80 bits per heavy atom. The third-order valence-corrected chi connectivity index (χ3v) is 6.37. The van der Waals surface area contributed by atoms with Crippen molar-refractivity contribution in [2.24, 2.45) is 0 Å². The molecule has 0 bridgehead atoms. The van der Waals surface area contributed by atoms with Gasteiger partial charge in [-0.05, 0) is 46.5 Å². The standard InChI is InChI=1S/C13H24BNO4S/c1-6-20(16,17)15-9-7-11(8-10-15)14-18-12(2,3)13(4,5)19-14/h7H,6,8-10H2,1-5H3. The highest BCUT2D eigenvalue weighted by Crippen LogP contribution is 2.39. The minimum Gasteiger partial charge on any atom is -0.400 e. The fourth-order valence-corrected chi connectivity index (χ4v) is 3.35. The van der Waals surface area contributed by atoms with E-state index in [-0.39, 0.29) is 24.1 Å². The zero-order valence-corrected chi connectivity index (χ0v) is 13.8. The second kappa shape index (κ2) is 5.12. The van der Waals surface area contributed by atoms with E-state index in [9.17, 15) is 8.42 Å². The Balaban J connectivity index is 2.08. The van der Waals surface area contributed by atoms with E-state index in [2.05, 4.69) is 0 Å². The van der Waals surface area contributed by atoms with Crippen LogP contribution in [0.25, 0.3) is 0 Å². The Bertz CT molecular complexity index is 496. The molecule has 0 N–H and O–H groups in total. The first-order valence-corrected chi connectivity index (χ1v) is 8.72. The fraction of sp³-hybridized carbons (Fsp3) is 0.846. The van der Waals surface area contributed by atoms with Crippen molar-refractivity contribution in [3.8, 4) is 0 Å². The molecule has 0 aromatic heterocycles. The van der Waals surface area contributed by atoms with Crippen molar-refractivity contribution in [2.75, 3.05) is 18.8 Å². The Morgan fingerprint density at radius 3 is 2.20 bits per heavy atom. The van der Waals surface area contributed by atoms with Crippen LogP contribution in [0.4, 0.5) is 0 Å². The average Bonchev–Trinajstić information content (AvgIpc) is 2.59. The third kappa shape index (κ3) is 2.82. The van der Waals surface area contributed by atoms with Crippen molar-refractivity contribution in [1.82, 2.24) is 4.31 Å². The van der Waals surface area contributed by atoms with Crippen LogP contribution in [-0.4, -0.2) is 49.9 Å². The molecule has 0 radical (unpaired) electrons. The van der Waals surface area contributed by atoms with Gasteiger partial charge in [0.1, 0.15) is 0 Å². The van der Waals surface area contributed by atoms with Crippen LogP contribution in [0.1, 0.15) is 41.0 Å². The first-order chi connectivity index (χ1) is 9.09. The molecular formula is C13H24BNO4S. The van der Waals surface area contributed by atoms with Crippen LogP contribution in [0.15, 0.2) is 11.5 Å². The molecule has 7 heteroatoms. The second-order valence-electron chi connectivity index (χ2n) is 6.38. The summed E-state index contributed by atoms with van der Waals surface area (Å²) in [6.45, 7) is 10.7. The van der Waals surface area contributed by atoms with Crippen LogP contribution in [-0.2, 0) is 19.3 Å². The van der Waals surface area contributed by atoms with Crippen LogP contribution in [0.2, 0.25) is 0 Å². The molecule has 0 unspecified atom stereocenters. The van der Waals surface area contributed by atoms with Gasteiger partial charge in [-0.25, -0.2) is 8.42 Å². The Morgan fingerprint density at radius 1 is 1.25 bits per heavy atom. The number of sulfonamides is 1. The molecule has 20 heavy (non-hydrogen) atoms. The zero-order valence-electron chi connectivity index (χ0n) is 13.0. The molecule has 114 valence electrons. The Kier molecular flexibility index (Phi) is 4.10. The van der Waals surface area contributed by atoms with Gasteiger partial charge >= 0.3 is 7.12 Å². The summed E-state index contributed by atoms with van der Waals surface area (Å²) < 4.78 is 37.1. The molecule has 0 spiro atoms. The molecule has 2 heterocycles. The van der Waals surface area contributed by atoms with Crippen LogP contribution in [0, 0.1) is 0 Å². The molecule has 0 amide bonds. The van der Waals surface area contributed by atoms with Crippen molar-refractivity contribution in [1.29, 1.82) is 0 Å². The maximum atomic E-state index is 11.8. The number of hydrogen-bond donors (Lipinski definition) is 0. The van der Waals surface area contributed by atoms with Gasteiger partial charge in [-0.2, -0.15) is 4.31 Å². The van der Waals surface area contributed by atoms with E-state index >= 15 is 0 Å². The van der Waals surface area contributed by atoms with Gasteiger partial charge < -0.3 is 9.31 Å². The van der Waals surface area contributed by atoms with E-state index in [0.717, 1.165) is 5.47 Å². The summed E-state index contributed by atoms with van der Waals surface area (Å²) in [5.74, 6) is 0.146. The number of rotatable bonds is 3. The Hall–Kier alpha value is -0.365. The van der Waals surface area contributed by atoms with E-state index in [1.54, 1.807) is 6.92 Å². The maximum absolute atomic E-state index is 11.8. The quantitative estimate of drug-likeness (QED) is 0.743. The molecular weight excluding hydrogens is 277 g/mol. The second-order valence-corrected chi connectivity index (χ2v) is 8.63. The molecule has 0 aliphatic carbocycles. The largest absolute Gasteiger partial charge is 0.490 e. The van der Waals surface area contributed by atoms with E-state index in [0.29, 0.717) is 19.5 Å². The van der Waals surface area contributed by atoms with Crippen LogP contribution >= 0.6 is 0 Å². The summed E-state index contributed by atoms with van der Waals surface area (Å²) in [6.07, 6.45) is 2.59. The lowest BCUT2D eigenvalue weighted by atomic mass is 9.75. The summed E-state index contributed by atoms with van der Waals surface area (Å²) in [5.41, 5.74) is 0.335. The summed E-state index contributed by atoms with van der Waals surface area (Å²) in [4.78, 5) is 0. The highest BCUT2D eigenvalue weighted by Gasteiger charge is 2.52. The molecule has 0 aromatic rings. The molecule has 0 atom stereocenters. The van der Waals surface area contributed by atoms with Crippen LogP contribution < -0.4 is 0 Å². The van der Waals surface area contributed by atoms with Gasteiger partial charge in [-0.3, -0.25) is 0 Å². The molecule has 2 rings (SSSR count). The maximum Gasteiger partial charge on any atom is 0.490 e. The van der Waals surface area contributed by atoms with Crippen molar-refractivity contribution in [2.45, 2.75) is 52.2 Å². The normalized spacial score (nSPS) is 26.6. The lowest BCUT2D eigenvalue weighted by Gasteiger charge is -2.32. The van der Waals surface area contributed by atoms with Crippen molar-refractivity contribution in [3.05, 3.63) is 11.5 Å². The first kappa shape index (κ1) is 16.0. The minimum absolute atomic E-state index is 0.146. The molecule has 1 saturated heterocycles. The van der Waals surface area contributed by atoms with Gasteiger partial charge in [-0.15, -0.1) is 0 Å². The monoisotopic (exact) mass is 301 g/mol. The van der Waals surface area contributed by atoms with Gasteiger partial charge in [0, 0.05) is 13.1 Å². The van der Waals surface area contributed by atoms with Gasteiger partial charge in [-0.1, -0.05) is 6.08 Å². The smallest absolute Gasteiger partial charge is 0.400 e. The van der Waals surface area contributed by atoms with E-state index < -0.39 is 10.0 Å². The lowest BCUT2D eigenvalue weighted by molar-refractivity contribution is 0.00578. The molecule has 1 fully saturated rings. The van der Waals surface area contributed by atoms with Crippen LogP contribution in [0.3, 0.4) is 0 Å². The Labute approximate surface area is 122 Å². The van der Waals surface area contributed by atoms with Gasteiger partial charge in [0.2, 0.25) is 10.0 Å². The zero-order chi connectivity index (χ0) is 15.2. The average molecular weight is 301 g/mol. The SMILES string of the molecule is CCS(=O)(=O)N1CC=C(B2OC(C)(C)C(C)(C)O2)CC1. The molecule has 2 aliphatic heterocycles. The molecule has 2 aliphatic rings. The summed E-state index contributed by atoms with van der Waals surface area (Å²) >= 11 is 0. The van der Waals surface area contributed by atoms with Gasteiger partial charge in [0.15, 0.2) is 0 Å². The molecule has 0 aromatic carbocycles. The summed E-state index contributed by atoms with van der Waals surface area (Å²) in [7, 11) is -3.46. The number of hydrogen-bond acceptors (Lipinski definition) is 4. The van der Waals surface area contributed by atoms with E-state index in [1.165, 1.54) is 4.31 Å². The number of nitrogens with zero attached hydrogens (tertiary/aromatic N) is 1. The van der Waals surface area contributed by atoms with Crippen molar-refractivity contribution < 1.29 is 17.7 Å². The molecule has 5 nitrogen and oxygen atoms in total. The predicted molar refractivity (Wildman–Crippen MR) is 79.8 cm³/mol. The van der Waals surface area contributed by atoms with Crippen LogP contribution in [0.5, 0.6) is 0 Å². The van der Waals surface area contributed by atoms with E-state index in [1.807, 2.05) is 33.8 Å². The first-order valence-electron chi connectivity index (χ1n) is 7.11. The van der Waals surface area contributed by atoms with Crippen molar-refractivity contribution >= 4 is 17.1 Å². The summed E-state index contributed by atoms with van der Waals surface area (Å²) in [5, 5.41) is 0. The minimum atomic E-state index is -3.11. The molecule has 0 saturated carbocycles. The third-order valence-electron chi connectivity index (χ3n) is 4.52. The van der Waals surface area contributed by atoms with Gasteiger partial charge in [0.05, 0.1) is 17.0 Å².